The normalized spacial score (nSPS) is 15.0. The molecule has 82 heavy (non-hydrogen) atoms. The molecular formula is C60H58F6N8O6S2. The van der Waals surface area contributed by atoms with Gasteiger partial charge in [0.15, 0.2) is 16.1 Å². The highest BCUT2D eigenvalue weighted by Gasteiger charge is 2.40. The highest BCUT2D eigenvalue weighted by molar-refractivity contribution is 7.98. The molecule has 9 rings (SSSR count). The summed E-state index contributed by atoms with van der Waals surface area (Å²) in [6.07, 6.45) is -1.15. The van der Waals surface area contributed by atoms with E-state index in [1.54, 1.807) is 41.3 Å². The standard InChI is InChI=1S/C30H28F3N5O2S.C30H30F3N3O4S/c1-19-25(24-11-14-34-28(35-24)41-2)27(22-9-6-10-23(17-22)30(31,32)33)37-36-26(19)21-12-15-38(16-13-21)29(39)40-18-20-7-4-3-5-8-20;1-19(26(37)21-12-15-36(16-13-21)29(39)40-18-20-7-4-3-5-8-20)25(24-11-14-34-28(35-24)41-2)27(38)22-9-6-10-23(17-22)30(31,32)33/h3-11,14,17,21H,12-13,15-16,18H2,1-2H3;3-11,14,17,19,21,25H,12-13,15-16,18H2,1-2H3. The Balaban J connectivity index is 0.000000215. The zero-order valence-electron chi connectivity index (χ0n) is 45.2. The fraction of sp³-hybridized carbons (Fsp3) is 0.333. The maximum atomic E-state index is 13.7. The van der Waals surface area contributed by atoms with Crippen LogP contribution >= 0.6 is 23.5 Å². The van der Waals surface area contributed by atoms with Gasteiger partial charge in [0.05, 0.1) is 34.1 Å². The Hall–Kier alpha value is -7.72. The third kappa shape index (κ3) is 15.2. The summed E-state index contributed by atoms with van der Waals surface area (Å²) in [4.78, 5) is 73.3. The summed E-state index contributed by atoms with van der Waals surface area (Å²) in [7, 11) is 0. The topological polar surface area (TPSA) is 171 Å². The molecule has 7 aromatic rings. The lowest BCUT2D eigenvalue weighted by molar-refractivity contribution is -0.138. The van der Waals surface area contributed by atoms with Crippen molar-refractivity contribution in [1.29, 1.82) is 0 Å². The number of nitrogens with zero attached hydrogens (tertiary/aromatic N) is 8. The molecule has 428 valence electrons. The second-order valence-corrected chi connectivity index (χ2v) is 21.2. The molecule has 0 spiro atoms. The molecule has 3 aromatic heterocycles. The number of likely N-dealkylation sites (tertiary alicyclic amines) is 2. The van der Waals surface area contributed by atoms with Gasteiger partial charge in [-0.15, -0.1) is 5.10 Å². The summed E-state index contributed by atoms with van der Waals surface area (Å²) in [6.45, 7) is 5.48. The Morgan fingerprint density at radius 1 is 0.634 bits per heavy atom. The minimum atomic E-state index is -4.62. The molecule has 0 aliphatic carbocycles. The van der Waals surface area contributed by atoms with Crippen molar-refractivity contribution in [1.82, 2.24) is 39.9 Å². The molecule has 2 unspecified atom stereocenters. The van der Waals surface area contributed by atoms with Crippen LogP contribution in [0.4, 0.5) is 35.9 Å². The van der Waals surface area contributed by atoms with E-state index in [4.69, 9.17) is 9.47 Å². The fourth-order valence-electron chi connectivity index (χ4n) is 9.97. The van der Waals surface area contributed by atoms with Gasteiger partial charge in [0.2, 0.25) is 0 Å². The summed E-state index contributed by atoms with van der Waals surface area (Å²) >= 11 is 2.62. The van der Waals surface area contributed by atoms with E-state index in [0.29, 0.717) is 84.7 Å². The Labute approximate surface area is 478 Å². The first-order chi connectivity index (χ1) is 39.3. The molecule has 2 amide bonds. The van der Waals surface area contributed by atoms with Gasteiger partial charge in [0, 0.05) is 73.0 Å². The van der Waals surface area contributed by atoms with Gasteiger partial charge in [-0.05, 0) is 98.2 Å². The molecule has 2 aliphatic heterocycles. The SMILES string of the molecule is CSc1nccc(-c2c(-c3cccc(C(F)(F)F)c3)nnc(C3CCN(C(=O)OCc4ccccc4)CC3)c2C)n1.CSc1nccc(C(C(=O)c2cccc(C(F)(F)F)c2)C(C)C(=O)C2CCN(C(=O)OCc3ccccc3)CC2)n1. The highest BCUT2D eigenvalue weighted by atomic mass is 32.2. The van der Waals surface area contributed by atoms with Crippen LogP contribution in [0.3, 0.4) is 0 Å². The molecule has 0 saturated carbocycles. The number of aromatic nitrogens is 6. The van der Waals surface area contributed by atoms with E-state index in [2.05, 4.69) is 30.1 Å². The molecule has 2 saturated heterocycles. The minimum Gasteiger partial charge on any atom is -0.445 e. The Kier molecular flexibility index (Phi) is 20.1. The van der Waals surface area contributed by atoms with Crippen LogP contribution in [-0.2, 0) is 39.8 Å². The second-order valence-electron chi connectivity index (χ2n) is 19.6. The van der Waals surface area contributed by atoms with E-state index in [0.717, 1.165) is 46.6 Å². The average Bonchev–Trinajstić information content (AvgIpc) is 3.21. The van der Waals surface area contributed by atoms with Gasteiger partial charge in [0.1, 0.15) is 24.7 Å². The number of Topliss-reactive ketones (excluding diaryl/α,β-unsaturated/α-hetero) is 2. The lowest BCUT2D eigenvalue weighted by atomic mass is 9.76. The van der Waals surface area contributed by atoms with Gasteiger partial charge in [-0.25, -0.2) is 29.5 Å². The van der Waals surface area contributed by atoms with E-state index < -0.39 is 53.1 Å². The van der Waals surface area contributed by atoms with Crippen LogP contribution in [0.25, 0.3) is 22.5 Å². The molecule has 2 fully saturated rings. The number of halogens is 6. The summed E-state index contributed by atoms with van der Waals surface area (Å²) < 4.78 is 91.6. The van der Waals surface area contributed by atoms with Gasteiger partial charge in [-0.2, -0.15) is 31.4 Å². The molecule has 22 heteroatoms. The van der Waals surface area contributed by atoms with Crippen LogP contribution in [0.2, 0.25) is 0 Å². The second kappa shape index (κ2) is 27.4. The number of ketones is 2. The number of hydrogen-bond donors (Lipinski definition) is 0. The number of thioether (sulfide) groups is 2. The van der Waals surface area contributed by atoms with Crippen LogP contribution < -0.4 is 0 Å². The van der Waals surface area contributed by atoms with E-state index in [1.807, 2.05) is 73.8 Å². The third-order valence-electron chi connectivity index (χ3n) is 14.4. The Morgan fingerprint density at radius 2 is 1.16 bits per heavy atom. The number of carbonyl (C=O) groups excluding carboxylic acids is 4. The number of piperidine rings is 2. The predicted molar refractivity (Wildman–Crippen MR) is 298 cm³/mol. The van der Waals surface area contributed by atoms with Crippen molar-refractivity contribution in [2.75, 3.05) is 38.7 Å². The zero-order valence-corrected chi connectivity index (χ0v) is 46.8. The molecule has 2 atom stereocenters. The monoisotopic (exact) mass is 1160 g/mol. The van der Waals surface area contributed by atoms with Gasteiger partial charge >= 0.3 is 24.5 Å². The maximum absolute atomic E-state index is 13.7. The van der Waals surface area contributed by atoms with E-state index in [9.17, 15) is 45.5 Å². The summed E-state index contributed by atoms with van der Waals surface area (Å²) in [5, 5.41) is 9.92. The van der Waals surface area contributed by atoms with Crippen molar-refractivity contribution < 1.29 is 55.0 Å². The molecule has 0 N–H and O–H groups in total. The van der Waals surface area contributed by atoms with Gasteiger partial charge in [0.25, 0.3) is 0 Å². The van der Waals surface area contributed by atoms with Crippen molar-refractivity contribution in [2.45, 2.75) is 87.2 Å². The lowest BCUT2D eigenvalue weighted by Crippen LogP contribution is -2.42. The summed E-state index contributed by atoms with van der Waals surface area (Å²) in [5.41, 5.74) is 3.56. The van der Waals surface area contributed by atoms with Crippen molar-refractivity contribution in [3.8, 4) is 22.5 Å². The van der Waals surface area contributed by atoms with Crippen molar-refractivity contribution in [2.24, 2.45) is 11.8 Å². The lowest BCUT2D eigenvalue weighted by Gasteiger charge is -2.33. The number of rotatable bonds is 15. The van der Waals surface area contributed by atoms with Gasteiger partial charge in [-0.3, -0.25) is 9.59 Å². The van der Waals surface area contributed by atoms with E-state index in [1.165, 1.54) is 54.0 Å². The van der Waals surface area contributed by atoms with Gasteiger partial charge in [-0.1, -0.05) is 115 Å². The van der Waals surface area contributed by atoms with Crippen LogP contribution in [0, 0.1) is 18.8 Å². The van der Waals surface area contributed by atoms with Crippen LogP contribution in [-0.4, -0.2) is 102 Å². The Bertz CT molecular complexity index is 3350. The Morgan fingerprint density at radius 3 is 1.72 bits per heavy atom. The average molecular weight is 1170 g/mol. The molecule has 0 bridgehead atoms. The molecule has 5 heterocycles. The fourth-order valence-corrected chi connectivity index (χ4v) is 10.7. The van der Waals surface area contributed by atoms with E-state index >= 15 is 0 Å². The molecule has 0 radical (unpaired) electrons. The summed E-state index contributed by atoms with van der Waals surface area (Å²) in [5.74, 6) is -3.21. The van der Waals surface area contributed by atoms with Crippen molar-refractivity contribution >= 4 is 47.3 Å². The number of ether oxygens (including phenoxy) is 2. The van der Waals surface area contributed by atoms with Gasteiger partial charge < -0.3 is 19.3 Å². The first-order valence-corrected chi connectivity index (χ1v) is 28.7. The number of benzene rings is 4. The van der Waals surface area contributed by atoms with Crippen molar-refractivity contribution in [3.63, 3.8) is 0 Å². The van der Waals surface area contributed by atoms with Crippen molar-refractivity contribution in [3.05, 3.63) is 178 Å². The largest absolute Gasteiger partial charge is 0.445 e. The molecule has 2 aliphatic rings. The first kappa shape index (κ1) is 60.4. The molecule has 14 nitrogen and oxygen atoms in total. The van der Waals surface area contributed by atoms with Crippen LogP contribution in [0.15, 0.2) is 144 Å². The van der Waals surface area contributed by atoms with Crippen LogP contribution in [0.1, 0.15) is 94.0 Å². The maximum Gasteiger partial charge on any atom is 0.416 e. The summed E-state index contributed by atoms with van der Waals surface area (Å²) in [6, 6.07) is 31.4. The number of carbonyl (C=O) groups is 4. The number of hydrogen-bond acceptors (Lipinski definition) is 14. The first-order valence-electron chi connectivity index (χ1n) is 26.3. The third-order valence-corrected chi connectivity index (χ3v) is 15.5. The highest BCUT2D eigenvalue weighted by Crippen LogP contribution is 2.41. The van der Waals surface area contributed by atoms with E-state index in [-0.39, 0.29) is 42.3 Å². The smallest absolute Gasteiger partial charge is 0.416 e. The quantitative estimate of drug-likeness (QED) is 0.0411. The number of amides is 2. The minimum absolute atomic E-state index is 0.0110. The predicted octanol–water partition coefficient (Wildman–Crippen LogP) is 13.6. The molecule has 4 aromatic carbocycles. The zero-order chi connectivity index (χ0) is 58.6. The van der Waals surface area contributed by atoms with Crippen LogP contribution in [0.5, 0.6) is 0 Å². The molecular weight excluding hydrogens is 1110 g/mol. The number of alkyl halides is 6.